The number of nitrogens with one attached hydrogen (secondary N) is 1. The number of amides is 1. The first-order valence-corrected chi connectivity index (χ1v) is 7.26. The second-order valence-corrected chi connectivity index (χ2v) is 5.68. The third-order valence-electron chi connectivity index (χ3n) is 3.31. The van der Waals surface area contributed by atoms with Crippen LogP contribution >= 0.6 is 12.4 Å². The van der Waals surface area contributed by atoms with Crippen LogP contribution in [0.15, 0.2) is 0 Å². The van der Waals surface area contributed by atoms with Crippen molar-refractivity contribution in [2.75, 3.05) is 19.8 Å². The Morgan fingerprint density at radius 1 is 1.45 bits per heavy atom. The average Bonchev–Trinajstić information content (AvgIpc) is 2.87. The third kappa shape index (κ3) is 7.43. The van der Waals surface area contributed by atoms with Gasteiger partial charge in [0.25, 0.3) is 0 Å². The molecule has 0 bridgehead atoms. The highest BCUT2D eigenvalue weighted by atomic mass is 35.5. The van der Waals surface area contributed by atoms with Gasteiger partial charge in [0.15, 0.2) is 0 Å². The first-order valence-electron chi connectivity index (χ1n) is 7.26. The fourth-order valence-corrected chi connectivity index (χ4v) is 2.20. The van der Waals surface area contributed by atoms with Gasteiger partial charge in [-0.3, -0.25) is 4.79 Å². The Kier molecular flexibility index (Phi) is 10.2. The Hall–Kier alpha value is -0.360. The van der Waals surface area contributed by atoms with Crippen LogP contribution in [0.25, 0.3) is 0 Å². The van der Waals surface area contributed by atoms with Crippen LogP contribution in [-0.4, -0.2) is 43.9 Å². The molecule has 6 heteroatoms. The number of hydrogen-bond donors (Lipinski definition) is 2. The van der Waals surface area contributed by atoms with Gasteiger partial charge in [-0.1, -0.05) is 13.8 Å². The first kappa shape index (κ1) is 19.6. The van der Waals surface area contributed by atoms with Crippen LogP contribution in [0.1, 0.15) is 40.0 Å². The molecule has 1 heterocycles. The van der Waals surface area contributed by atoms with Crippen molar-refractivity contribution < 1.29 is 14.3 Å². The van der Waals surface area contributed by atoms with E-state index >= 15 is 0 Å². The van der Waals surface area contributed by atoms with Gasteiger partial charge in [-0.25, -0.2) is 0 Å². The van der Waals surface area contributed by atoms with Gasteiger partial charge in [0, 0.05) is 19.2 Å². The summed E-state index contributed by atoms with van der Waals surface area (Å²) in [7, 11) is 0. The summed E-state index contributed by atoms with van der Waals surface area (Å²) in [5, 5.41) is 2.94. The molecule has 20 heavy (non-hydrogen) atoms. The molecule has 1 fully saturated rings. The molecule has 0 radical (unpaired) electrons. The molecule has 1 saturated heterocycles. The molecule has 5 nitrogen and oxygen atoms in total. The van der Waals surface area contributed by atoms with Gasteiger partial charge < -0.3 is 20.5 Å². The van der Waals surface area contributed by atoms with Crippen LogP contribution in [0, 0.1) is 5.92 Å². The lowest BCUT2D eigenvalue weighted by molar-refractivity contribution is -0.134. The van der Waals surface area contributed by atoms with Crippen LogP contribution in [0.3, 0.4) is 0 Å². The number of rotatable bonds is 8. The van der Waals surface area contributed by atoms with E-state index in [1.54, 1.807) is 6.92 Å². The van der Waals surface area contributed by atoms with E-state index in [0.717, 1.165) is 25.9 Å². The SMILES string of the molecule is CC(C)CC(CN)NC(=O)C(C)OCC1CCCO1.Cl. The van der Waals surface area contributed by atoms with Crippen molar-refractivity contribution in [3.8, 4) is 0 Å². The van der Waals surface area contributed by atoms with Crippen molar-refractivity contribution in [1.82, 2.24) is 5.32 Å². The predicted octanol–water partition coefficient (Wildman–Crippen LogP) is 1.48. The van der Waals surface area contributed by atoms with E-state index in [-0.39, 0.29) is 30.5 Å². The molecule has 1 rings (SSSR count). The molecule has 1 aliphatic heterocycles. The molecule has 1 aliphatic rings. The number of ether oxygens (including phenoxy) is 2. The summed E-state index contributed by atoms with van der Waals surface area (Å²) in [5.41, 5.74) is 5.67. The monoisotopic (exact) mass is 308 g/mol. The zero-order valence-electron chi connectivity index (χ0n) is 12.8. The highest BCUT2D eigenvalue weighted by Gasteiger charge is 2.21. The normalized spacial score (nSPS) is 21.4. The van der Waals surface area contributed by atoms with E-state index < -0.39 is 6.10 Å². The molecule has 3 atom stereocenters. The topological polar surface area (TPSA) is 73.6 Å². The molecule has 120 valence electrons. The summed E-state index contributed by atoms with van der Waals surface area (Å²) >= 11 is 0. The van der Waals surface area contributed by atoms with Crippen LogP contribution in [-0.2, 0) is 14.3 Å². The van der Waals surface area contributed by atoms with Crippen molar-refractivity contribution in [3.63, 3.8) is 0 Å². The van der Waals surface area contributed by atoms with Crippen molar-refractivity contribution in [3.05, 3.63) is 0 Å². The summed E-state index contributed by atoms with van der Waals surface area (Å²) in [6.07, 6.45) is 2.69. The van der Waals surface area contributed by atoms with Crippen molar-refractivity contribution in [2.24, 2.45) is 11.7 Å². The van der Waals surface area contributed by atoms with Gasteiger partial charge >= 0.3 is 0 Å². The maximum atomic E-state index is 12.0. The van der Waals surface area contributed by atoms with E-state index in [2.05, 4.69) is 19.2 Å². The molecule has 0 aromatic heterocycles. The molecule has 3 unspecified atom stereocenters. The number of carbonyl (C=O) groups excluding carboxylic acids is 1. The number of carbonyl (C=O) groups is 1. The molecule has 0 aromatic rings. The molecule has 3 N–H and O–H groups in total. The number of halogens is 1. The van der Waals surface area contributed by atoms with Gasteiger partial charge in [-0.05, 0) is 32.1 Å². The molecule has 0 saturated carbocycles. The van der Waals surface area contributed by atoms with Gasteiger partial charge in [0.05, 0.1) is 12.7 Å². The van der Waals surface area contributed by atoms with E-state index in [9.17, 15) is 4.79 Å². The van der Waals surface area contributed by atoms with Crippen LogP contribution in [0.2, 0.25) is 0 Å². The van der Waals surface area contributed by atoms with Gasteiger partial charge in [-0.2, -0.15) is 0 Å². The highest BCUT2D eigenvalue weighted by Crippen LogP contribution is 2.13. The lowest BCUT2D eigenvalue weighted by Crippen LogP contribution is -2.45. The summed E-state index contributed by atoms with van der Waals surface area (Å²) in [4.78, 5) is 12.0. The average molecular weight is 309 g/mol. The summed E-state index contributed by atoms with van der Waals surface area (Å²) in [6, 6.07) is 0.0290. The smallest absolute Gasteiger partial charge is 0.249 e. The van der Waals surface area contributed by atoms with Gasteiger partial charge in [-0.15, -0.1) is 12.4 Å². The van der Waals surface area contributed by atoms with E-state index in [4.69, 9.17) is 15.2 Å². The summed E-state index contributed by atoms with van der Waals surface area (Å²) in [5.74, 6) is 0.422. The zero-order chi connectivity index (χ0) is 14.3. The highest BCUT2D eigenvalue weighted by molar-refractivity contribution is 5.85. The van der Waals surface area contributed by atoms with E-state index in [0.29, 0.717) is 19.1 Å². The second kappa shape index (κ2) is 10.4. The Morgan fingerprint density at radius 3 is 2.65 bits per heavy atom. The van der Waals surface area contributed by atoms with E-state index in [1.165, 1.54) is 0 Å². The summed E-state index contributed by atoms with van der Waals surface area (Å²) < 4.78 is 11.0. The fraction of sp³-hybridized carbons (Fsp3) is 0.929. The first-order chi connectivity index (χ1) is 9.02. The maximum absolute atomic E-state index is 12.0. The molecule has 0 aliphatic carbocycles. The largest absolute Gasteiger partial charge is 0.376 e. The fourth-order valence-electron chi connectivity index (χ4n) is 2.20. The van der Waals surface area contributed by atoms with Crippen LogP contribution in [0.4, 0.5) is 0 Å². The molecular formula is C14H29ClN2O3. The minimum Gasteiger partial charge on any atom is -0.376 e. The Balaban J connectivity index is 0.00000361. The minimum absolute atomic E-state index is 0. The van der Waals surface area contributed by atoms with E-state index in [1.807, 2.05) is 0 Å². The molecule has 0 spiro atoms. The number of hydrogen-bond acceptors (Lipinski definition) is 4. The lowest BCUT2D eigenvalue weighted by Gasteiger charge is -2.22. The summed E-state index contributed by atoms with van der Waals surface area (Å²) in [6.45, 7) is 7.76. The minimum atomic E-state index is -0.453. The standard InChI is InChI=1S/C14H28N2O3.ClH/c1-10(2)7-12(8-15)16-14(17)11(3)19-9-13-5-4-6-18-13;/h10-13H,4-9,15H2,1-3H3,(H,16,17);1H. The maximum Gasteiger partial charge on any atom is 0.249 e. The lowest BCUT2D eigenvalue weighted by atomic mass is 10.0. The second-order valence-electron chi connectivity index (χ2n) is 5.68. The third-order valence-corrected chi connectivity index (χ3v) is 3.31. The molecular weight excluding hydrogens is 280 g/mol. The van der Waals surface area contributed by atoms with Crippen molar-refractivity contribution in [2.45, 2.75) is 58.3 Å². The number of nitrogens with two attached hydrogens (primary N) is 1. The van der Waals surface area contributed by atoms with Gasteiger partial charge in [0.2, 0.25) is 5.91 Å². The predicted molar refractivity (Wildman–Crippen MR) is 82.1 cm³/mol. The Bertz CT molecular complexity index is 271. The van der Waals surface area contributed by atoms with Crippen molar-refractivity contribution in [1.29, 1.82) is 0 Å². The quantitative estimate of drug-likeness (QED) is 0.712. The molecule has 1 amide bonds. The van der Waals surface area contributed by atoms with Crippen LogP contribution in [0.5, 0.6) is 0 Å². The Morgan fingerprint density at radius 2 is 2.15 bits per heavy atom. The molecule has 0 aromatic carbocycles. The van der Waals surface area contributed by atoms with Gasteiger partial charge in [0.1, 0.15) is 6.10 Å². The van der Waals surface area contributed by atoms with Crippen LogP contribution < -0.4 is 11.1 Å². The Labute approximate surface area is 128 Å². The van der Waals surface area contributed by atoms with Crippen molar-refractivity contribution >= 4 is 18.3 Å². The zero-order valence-corrected chi connectivity index (χ0v) is 13.6.